The minimum atomic E-state index is 0.0190. The second-order valence-corrected chi connectivity index (χ2v) is 9.06. The Morgan fingerprint density at radius 3 is 2.62 bits per heavy atom. The first kappa shape index (κ1) is 20.0. The van der Waals surface area contributed by atoms with Crippen molar-refractivity contribution in [3.05, 3.63) is 65.7 Å². The molecule has 2 atom stereocenters. The van der Waals surface area contributed by atoms with Crippen LogP contribution in [0.5, 0.6) is 0 Å². The van der Waals surface area contributed by atoms with Crippen LogP contribution in [0.1, 0.15) is 55.5 Å². The van der Waals surface area contributed by atoms with Gasteiger partial charge in [0.2, 0.25) is 0 Å². The summed E-state index contributed by atoms with van der Waals surface area (Å²) in [7, 11) is 0. The van der Waals surface area contributed by atoms with Crippen molar-refractivity contribution in [3.63, 3.8) is 0 Å². The zero-order valence-corrected chi connectivity index (χ0v) is 18.0. The molecule has 3 aromatic rings. The third kappa shape index (κ3) is 4.64. The van der Waals surface area contributed by atoms with Gasteiger partial charge in [0.15, 0.2) is 0 Å². The van der Waals surface area contributed by atoms with E-state index >= 15 is 0 Å². The third-order valence-electron chi connectivity index (χ3n) is 5.92. The van der Waals surface area contributed by atoms with Crippen LogP contribution in [0.4, 0.5) is 0 Å². The van der Waals surface area contributed by atoms with Crippen LogP contribution in [0.2, 0.25) is 0 Å². The number of pyridine rings is 1. The predicted octanol–water partition coefficient (Wildman–Crippen LogP) is 6.26. The molecule has 29 heavy (non-hydrogen) atoms. The molecule has 150 valence electrons. The molecule has 0 saturated heterocycles. The quantitative estimate of drug-likeness (QED) is 0.546. The molecule has 1 aliphatic carbocycles. The highest BCUT2D eigenvalue weighted by atomic mass is 32.2. The normalized spacial score (nSPS) is 19.2. The molecule has 1 fully saturated rings. The fraction of sp³-hybridized carbons (Fsp3) is 0.360. The van der Waals surface area contributed by atoms with Crippen LogP contribution in [-0.2, 0) is 6.42 Å². The molecule has 2 aromatic carbocycles. The Morgan fingerprint density at radius 1 is 1.10 bits per heavy atom. The van der Waals surface area contributed by atoms with Crippen LogP contribution < -0.4 is 5.32 Å². The number of hydrogen-bond donors (Lipinski definition) is 1. The highest BCUT2D eigenvalue weighted by Gasteiger charge is 2.24. The average Bonchev–Trinajstić information content (AvgIpc) is 2.75. The molecule has 1 saturated carbocycles. The molecule has 0 radical (unpaired) electrons. The van der Waals surface area contributed by atoms with Gasteiger partial charge in [-0.25, -0.2) is 4.98 Å². The summed E-state index contributed by atoms with van der Waals surface area (Å²) >= 11 is 1.61. The Balaban J connectivity index is 1.63. The van der Waals surface area contributed by atoms with Crippen LogP contribution in [0, 0.1) is 5.92 Å². The maximum Gasteiger partial charge on any atom is 0.252 e. The molecule has 1 amide bonds. The smallest absolute Gasteiger partial charge is 0.252 e. The molecule has 4 rings (SSSR count). The van der Waals surface area contributed by atoms with Gasteiger partial charge in [0.05, 0.1) is 11.1 Å². The minimum Gasteiger partial charge on any atom is -0.349 e. The molecule has 0 bridgehead atoms. The first-order chi connectivity index (χ1) is 14.1. The molecule has 3 nitrogen and oxygen atoms in total. The van der Waals surface area contributed by atoms with Crippen molar-refractivity contribution < 1.29 is 4.79 Å². The summed E-state index contributed by atoms with van der Waals surface area (Å²) in [6.07, 6.45) is 5.76. The lowest BCUT2D eigenvalue weighted by Crippen LogP contribution is -2.41. The molecule has 1 aliphatic rings. The zero-order valence-electron chi connectivity index (χ0n) is 17.2. The van der Waals surface area contributed by atoms with Gasteiger partial charge in [0.25, 0.3) is 5.91 Å². The highest BCUT2D eigenvalue weighted by Crippen LogP contribution is 2.31. The maximum absolute atomic E-state index is 13.2. The van der Waals surface area contributed by atoms with Crippen molar-refractivity contribution in [1.82, 2.24) is 10.3 Å². The molecule has 1 heterocycles. The van der Waals surface area contributed by atoms with Crippen molar-refractivity contribution in [2.24, 2.45) is 5.92 Å². The number of benzene rings is 2. The summed E-state index contributed by atoms with van der Waals surface area (Å²) in [5.74, 6) is 0.553. The Labute approximate surface area is 177 Å². The van der Waals surface area contributed by atoms with Gasteiger partial charge >= 0.3 is 0 Å². The second kappa shape index (κ2) is 9.00. The Morgan fingerprint density at radius 2 is 1.86 bits per heavy atom. The van der Waals surface area contributed by atoms with E-state index in [1.54, 1.807) is 11.8 Å². The lowest BCUT2D eigenvalue weighted by Gasteiger charge is -2.29. The summed E-state index contributed by atoms with van der Waals surface area (Å²) in [4.78, 5) is 19.1. The third-order valence-corrected chi connectivity index (χ3v) is 6.85. The standard InChI is InChI=1S/C25H28N2OS/c1-3-18-12-14-19(15-13-18)29-24-16-21(20-9-5-7-11-23(20)26-24)25(28)27-22-10-6-4-8-17(22)2/h5,7,9,11-17,22H,3-4,6,8,10H2,1-2H3,(H,27,28)/t17-,22+/m1/s1. The van der Waals surface area contributed by atoms with E-state index in [9.17, 15) is 4.79 Å². The van der Waals surface area contributed by atoms with E-state index in [2.05, 4.69) is 43.4 Å². The van der Waals surface area contributed by atoms with E-state index in [0.717, 1.165) is 39.2 Å². The van der Waals surface area contributed by atoms with E-state index in [0.29, 0.717) is 5.92 Å². The van der Waals surface area contributed by atoms with Crippen molar-refractivity contribution in [2.45, 2.75) is 61.9 Å². The number of aromatic nitrogens is 1. The van der Waals surface area contributed by atoms with E-state index < -0.39 is 0 Å². The summed E-state index contributed by atoms with van der Waals surface area (Å²) in [5, 5.41) is 5.08. The fourth-order valence-corrected chi connectivity index (χ4v) is 4.92. The van der Waals surface area contributed by atoms with Gasteiger partial charge < -0.3 is 5.32 Å². The Hall–Kier alpha value is -2.33. The van der Waals surface area contributed by atoms with Gasteiger partial charge in [-0.05, 0) is 55.0 Å². The molecule has 1 N–H and O–H groups in total. The Bertz CT molecular complexity index is 999. The first-order valence-corrected chi connectivity index (χ1v) is 11.4. The monoisotopic (exact) mass is 404 g/mol. The average molecular weight is 405 g/mol. The number of aryl methyl sites for hydroxylation is 1. The topological polar surface area (TPSA) is 42.0 Å². The number of hydrogen-bond acceptors (Lipinski definition) is 3. The van der Waals surface area contributed by atoms with Crippen molar-refractivity contribution in [1.29, 1.82) is 0 Å². The summed E-state index contributed by atoms with van der Waals surface area (Å²) < 4.78 is 0. The number of carbonyl (C=O) groups is 1. The number of nitrogens with zero attached hydrogens (tertiary/aromatic N) is 1. The van der Waals surface area contributed by atoms with E-state index in [4.69, 9.17) is 4.98 Å². The van der Waals surface area contributed by atoms with Gasteiger partial charge in [-0.2, -0.15) is 0 Å². The molecular formula is C25H28N2OS. The van der Waals surface area contributed by atoms with Crippen molar-refractivity contribution in [2.75, 3.05) is 0 Å². The van der Waals surface area contributed by atoms with Gasteiger partial charge in [-0.15, -0.1) is 0 Å². The van der Waals surface area contributed by atoms with Gasteiger partial charge in [0, 0.05) is 16.3 Å². The first-order valence-electron chi connectivity index (χ1n) is 10.6. The SMILES string of the molecule is CCc1ccc(Sc2cc(C(=O)N[C@H]3CCCC[C@H]3C)c3ccccc3n2)cc1. The fourth-order valence-electron chi connectivity index (χ4n) is 4.08. The lowest BCUT2D eigenvalue weighted by molar-refractivity contribution is 0.0911. The van der Waals surface area contributed by atoms with E-state index in [-0.39, 0.29) is 11.9 Å². The van der Waals surface area contributed by atoms with Crippen LogP contribution >= 0.6 is 11.8 Å². The van der Waals surface area contributed by atoms with Crippen LogP contribution in [0.25, 0.3) is 10.9 Å². The molecule has 0 unspecified atom stereocenters. The Kier molecular flexibility index (Phi) is 6.19. The molecule has 0 aliphatic heterocycles. The number of amides is 1. The highest BCUT2D eigenvalue weighted by molar-refractivity contribution is 7.99. The number of carbonyl (C=O) groups excluding carboxylic acids is 1. The van der Waals surface area contributed by atoms with Crippen LogP contribution in [-0.4, -0.2) is 16.9 Å². The summed E-state index contributed by atoms with van der Waals surface area (Å²) in [6, 6.07) is 18.7. The lowest BCUT2D eigenvalue weighted by atomic mass is 9.86. The van der Waals surface area contributed by atoms with Crippen LogP contribution in [0.15, 0.2) is 64.5 Å². The number of para-hydroxylation sites is 1. The summed E-state index contributed by atoms with van der Waals surface area (Å²) in [5.41, 5.74) is 2.91. The summed E-state index contributed by atoms with van der Waals surface area (Å²) in [6.45, 7) is 4.40. The van der Waals surface area contributed by atoms with Gasteiger partial charge in [-0.1, -0.05) is 68.8 Å². The number of nitrogens with one attached hydrogen (secondary N) is 1. The van der Waals surface area contributed by atoms with Crippen molar-refractivity contribution in [3.8, 4) is 0 Å². The minimum absolute atomic E-state index is 0.0190. The van der Waals surface area contributed by atoms with Crippen molar-refractivity contribution >= 4 is 28.6 Å². The number of fused-ring (bicyclic) bond motifs is 1. The molecule has 0 spiro atoms. The van der Waals surface area contributed by atoms with E-state index in [1.165, 1.54) is 24.8 Å². The van der Waals surface area contributed by atoms with Crippen LogP contribution in [0.3, 0.4) is 0 Å². The zero-order chi connectivity index (χ0) is 20.2. The van der Waals surface area contributed by atoms with E-state index in [1.807, 2.05) is 30.3 Å². The molecule has 1 aromatic heterocycles. The molecular weight excluding hydrogens is 376 g/mol. The predicted molar refractivity (Wildman–Crippen MR) is 121 cm³/mol. The maximum atomic E-state index is 13.2. The molecule has 4 heteroatoms. The second-order valence-electron chi connectivity index (χ2n) is 7.97. The number of rotatable bonds is 5. The van der Waals surface area contributed by atoms with Gasteiger partial charge in [-0.3, -0.25) is 4.79 Å². The largest absolute Gasteiger partial charge is 0.349 e. The van der Waals surface area contributed by atoms with Gasteiger partial charge in [0.1, 0.15) is 5.03 Å².